The summed E-state index contributed by atoms with van der Waals surface area (Å²) >= 11 is 0. The van der Waals surface area contributed by atoms with Gasteiger partial charge in [-0.1, -0.05) is 20.8 Å². The van der Waals surface area contributed by atoms with Crippen LogP contribution in [0.25, 0.3) is 0 Å². The van der Waals surface area contributed by atoms with E-state index in [9.17, 15) is 5.11 Å². The van der Waals surface area contributed by atoms with Crippen molar-refractivity contribution in [3.8, 4) is 0 Å². The van der Waals surface area contributed by atoms with Gasteiger partial charge in [-0.25, -0.2) is 0 Å². The molecule has 0 unspecified atom stereocenters. The molecule has 0 aromatic rings. The van der Waals surface area contributed by atoms with E-state index in [-0.39, 0.29) is 12.0 Å². The van der Waals surface area contributed by atoms with E-state index in [1.807, 2.05) is 20.8 Å². The van der Waals surface area contributed by atoms with Crippen LogP contribution in [-0.2, 0) is 0 Å². The molecular weight excluding hydrogens is 152 g/mol. The van der Waals surface area contributed by atoms with Crippen LogP contribution >= 0.6 is 0 Å². The average molecular weight is 172 g/mol. The Kier molecular flexibility index (Phi) is 2.50. The molecule has 0 aromatic carbocycles. The van der Waals surface area contributed by atoms with Crippen LogP contribution in [-0.4, -0.2) is 22.4 Å². The molecule has 2 heteroatoms. The van der Waals surface area contributed by atoms with Gasteiger partial charge in [-0.05, 0) is 30.6 Å². The summed E-state index contributed by atoms with van der Waals surface area (Å²) in [6.07, 6.45) is 2.52. The summed E-state index contributed by atoms with van der Waals surface area (Å²) in [6.45, 7) is 6.33. The van der Waals surface area contributed by atoms with Gasteiger partial charge in [0.2, 0.25) is 0 Å². The quantitative estimate of drug-likeness (QED) is 0.663. The van der Waals surface area contributed by atoms with Gasteiger partial charge < -0.3 is 10.2 Å². The lowest BCUT2D eigenvalue weighted by molar-refractivity contribution is -0.0138. The molecule has 0 bridgehead atoms. The number of aliphatic hydroxyl groups excluding tert-OH is 1. The van der Waals surface area contributed by atoms with Gasteiger partial charge in [-0.2, -0.15) is 0 Å². The molecule has 1 fully saturated rings. The van der Waals surface area contributed by atoms with Crippen LogP contribution in [0.2, 0.25) is 0 Å². The van der Waals surface area contributed by atoms with Crippen LogP contribution in [0, 0.1) is 11.3 Å². The first-order valence-corrected chi connectivity index (χ1v) is 4.75. The van der Waals surface area contributed by atoms with E-state index in [1.165, 1.54) is 0 Å². The average Bonchev–Trinajstić information content (AvgIpc) is 2.30. The SMILES string of the molecule is CC(C)[C@]1(O)CC[C@@](C)(CO)C1. The topological polar surface area (TPSA) is 40.5 Å². The van der Waals surface area contributed by atoms with Crippen LogP contribution in [0.5, 0.6) is 0 Å². The standard InChI is InChI=1S/C10H20O2/c1-8(2)10(12)5-4-9(3,6-10)7-11/h8,11-12H,4-7H2,1-3H3/t9-,10+/m1/s1. The maximum absolute atomic E-state index is 10.1. The number of rotatable bonds is 2. The van der Waals surface area contributed by atoms with Crippen LogP contribution in [0.3, 0.4) is 0 Å². The van der Waals surface area contributed by atoms with Crippen molar-refractivity contribution in [3.63, 3.8) is 0 Å². The highest BCUT2D eigenvalue weighted by Gasteiger charge is 2.45. The van der Waals surface area contributed by atoms with Crippen LogP contribution < -0.4 is 0 Å². The Morgan fingerprint density at radius 1 is 1.33 bits per heavy atom. The first-order valence-electron chi connectivity index (χ1n) is 4.75. The molecule has 1 aliphatic rings. The largest absolute Gasteiger partial charge is 0.396 e. The van der Waals surface area contributed by atoms with Crippen molar-refractivity contribution in [2.75, 3.05) is 6.61 Å². The summed E-state index contributed by atoms with van der Waals surface area (Å²) in [4.78, 5) is 0. The summed E-state index contributed by atoms with van der Waals surface area (Å²) < 4.78 is 0. The van der Waals surface area contributed by atoms with Crippen molar-refractivity contribution in [1.82, 2.24) is 0 Å². The monoisotopic (exact) mass is 172 g/mol. The summed E-state index contributed by atoms with van der Waals surface area (Å²) in [5.41, 5.74) is -0.573. The predicted octanol–water partition coefficient (Wildman–Crippen LogP) is 1.56. The molecule has 0 amide bonds. The Morgan fingerprint density at radius 3 is 2.17 bits per heavy atom. The molecular formula is C10H20O2. The summed E-state index contributed by atoms with van der Waals surface area (Å²) in [6, 6.07) is 0. The smallest absolute Gasteiger partial charge is 0.0676 e. The first-order chi connectivity index (χ1) is 5.42. The van der Waals surface area contributed by atoms with Crippen molar-refractivity contribution in [3.05, 3.63) is 0 Å². The molecule has 2 atom stereocenters. The highest BCUT2D eigenvalue weighted by atomic mass is 16.3. The molecule has 2 N–H and O–H groups in total. The Hall–Kier alpha value is -0.0800. The van der Waals surface area contributed by atoms with E-state index in [0.29, 0.717) is 5.92 Å². The Labute approximate surface area is 74.6 Å². The van der Waals surface area contributed by atoms with Crippen molar-refractivity contribution >= 4 is 0 Å². The fourth-order valence-electron chi connectivity index (χ4n) is 2.06. The van der Waals surface area contributed by atoms with Gasteiger partial charge in [-0.15, -0.1) is 0 Å². The van der Waals surface area contributed by atoms with Crippen molar-refractivity contribution in [2.45, 2.75) is 45.6 Å². The minimum Gasteiger partial charge on any atom is -0.396 e. The van der Waals surface area contributed by atoms with Crippen molar-refractivity contribution in [1.29, 1.82) is 0 Å². The van der Waals surface area contributed by atoms with Gasteiger partial charge in [0.25, 0.3) is 0 Å². The highest BCUT2D eigenvalue weighted by molar-refractivity contribution is 4.97. The molecule has 12 heavy (non-hydrogen) atoms. The van der Waals surface area contributed by atoms with E-state index in [0.717, 1.165) is 19.3 Å². The summed E-state index contributed by atoms with van der Waals surface area (Å²) in [5.74, 6) is 0.297. The zero-order valence-electron chi connectivity index (χ0n) is 8.30. The highest BCUT2D eigenvalue weighted by Crippen LogP contribution is 2.46. The molecule has 0 saturated heterocycles. The molecule has 1 rings (SSSR count). The van der Waals surface area contributed by atoms with E-state index >= 15 is 0 Å². The molecule has 0 aliphatic heterocycles. The van der Waals surface area contributed by atoms with E-state index in [4.69, 9.17) is 5.11 Å². The Balaban J connectivity index is 2.66. The molecule has 1 aliphatic carbocycles. The van der Waals surface area contributed by atoms with Gasteiger partial charge in [0.15, 0.2) is 0 Å². The van der Waals surface area contributed by atoms with Gasteiger partial charge >= 0.3 is 0 Å². The van der Waals surface area contributed by atoms with E-state index in [2.05, 4.69) is 0 Å². The number of aliphatic hydroxyl groups is 2. The van der Waals surface area contributed by atoms with Crippen LogP contribution in [0.4, 0.5) is 0 Å². The lowest BCUT2D eigenvalue weighted by Crippen LogP contribution is -2.33. The van der Waals surface area contributed by atoms with Crippen LogP contribution in [0.1, 0.15) is 40.0 Å². The predicted molar refractivity (Wildman–Crippen MR) is 48.8 cm³/mol. The second-order valence-corrected chi connectivity index (χ2v) is 4.90. The van der Waals surface area contributed by atoms with Crippen molar-refractivity contribution < 1.29 is 10.2 Å². The van der Waals surface area contributed by atoms with E-state index in [1.54, 1.807) is 0 Å². The lowest BCUT2D eigenvalue weighted by atomic mass is 9.83. The van der Waals surface area contributed by atoms with E-state index < -0.39 is 5.60 Å². The van der Waals surface area contributed by atoms with Gasteiger partial charge in [0, 0.05) is 6.61 Å². The van der Waals surface area contributed by atoms with Gasteiger partial charge in [0.1, 0.15) is 0 Å². The first kappa shape index (κ1) is 10.0. The Morgan fingerprint density at radius 2 is 1.92 bits per heavy atom. The number of hydrogen-bond acceptors (Lipinski definition) is 2. The molecule has 1 saturated carbocycles. The zero-order valence-corrected chi connectivity index (χ0v) is 8.30. The molecule has 2 nitrogen and oxygen atoms in total. The molecule has 0 aromatic heterocycles. The zero-order chi connectivity index (χ0) is 9.41. The summed E-state index contributed by atoms with van der Waals surface area (Å²) in [7, 11) is 0. The minimum absolute atomic E-state index is 0.0426. The van der Waals surface area contributed by atoms with Crippen LogP contribution in [0.15, 0.2) is 0 Å². The second kappa shape index (κ2) is 3.00. The fourth-order valence-corrected chi connectivity index (χ4v) is 2.06. The molecule has 0 radical (unpaired) electrons. The number of hydrogen-bond donors (Lipinski definition) is 2. The summed E-state index contributed by atoms with van der Waals surface area (Å²) in [5, 5.41) is 19.3. The third kappa shape index (κ3) is 1.64. The maximum Gasteiger partial charge on any atom is 0.0676 e. The second-order valence-electron chi connectivity index (χ2n) is 4.90. The van der Waals surface area contributed by atoms with Crippen molar-refractivity contribution in [2.24, 2.45) is 11.3 Å². The molecule has 0 spiro atoms. The third-order valence-electron chi connectivity index (χ3n) is 3.35. The maximum atomic E-state index is 10.1. The lowest BCUT2D eigenvalue weighted by Gasteiger charge is -2.29. The molecule has 0 heterocycles. The molecule has 72 valence electrons. The third-order valence-corrected chi connectivity index (χ3v) is 3.35. The minimum atomic E-state index is -0.530. The van der Waals surface area contributed by atoms with Gasteiger partial charge in [0.05, 0.1) is 5.60 Å². The Bertz CT molecular complexity index is 167. The normalized spacial score (nSPS) is 42.5. The van der Waals surface area contributed by atoms with Gasteiger partial charge in [-0.3, -0.25) is 0 Å². The fraction of sp³-hybridized carbons (Fsp3) is 1.00.